The predicted octanol–water partition coefficient (Wildman–Crippen LogP) is 3.19. The Kier molecular flexibility index (Phi) is 4.37. The molecular weight excluding hydrogens is 318 g/mol. The van der Waals surface area contributed by atoms with Crippen LogP contribution in [0, 0.1) is 11.6 Å². The number of carbonyl (C=O) groups is 1. The van der Waals surface area contributed by atoms with E-state index in [0.29, 0.717) is 5.75 Å². The van der Waals surface area contributed by atoms with Gasteiger partial charge in [0.1, 0.15) is 29.5 Å². The fourth-order valence-corrected chi connectivity index (χ4v) is 1.87. The van der Waals surface area contributed by atoms with E-state index < -0.39 is 17.5 Å². The highest BCUT2D eigenvalue weighted by Gasteiger charge is 2.11. The van der Waals surface area contributed by atoms with Crippen LogP contribution >= 0.6 is 0 Å². The molecule has 0 bridgehead atoms. The number of nitrogens with one attached hydrogen (secondary N) is 1. The van der Waals surface area contributed by atoms with Gasteiger partial charge in [0.25, 0.3) is 5.91 Å². The van der Waals surface area contributed by atoms with Crippen LogP contribution in [-0.4, -0.2) is 20.9 Å². The molecule has 0 saturated carbocycles. The largest absolute Gasteiger partial charge is 0.454 e. The number of benzene rings is 1. The standard InChI is InChI=1S/C16H10F2N4O2/c17-11-1-2-15(21-6-11)22-16(23)10-3-12(18)5-13(4-10)24-14-7-19-9-20-8-14/h1-9H,(H,21,22,23). The Morgan fingerprint density at radius 3 is 2.46 bits per heavy atom. The molecule has 1 amide bonds. The van der Waals surface area contributed by atoms with Gasteiger partial charge in [-0.25, -0.2) is 23.7 Å². The highest BCUT2D eigenvalue weighted by atomic mass is 19.1. The summed E-state index contributed by atoms with van der Waals surface area (Å²) < 4.78 is 31.9. The van der Waals surface area contributed by atoms with Crippen molar-refractivity contribution in [3.8, 4) is 11.5 Å². The first-order valence-corrected chi connectivity index (χ1v) is 6.76. The van der Waals surface area contributed by atoms with Gasteiger partial charge in [0, 0.05) is 11.6 Å². The summed E-state index contributed by atoms with van der Waals surface area (Å²) in [5, 5.41) is 2.44. The van der Waals surface area contributed by atoms with Crippen LogP contribution in [0.25, 0.3) is 0 Å². The molecule has 0 aliphatic rings. The molecule has 1 aromatic carbocycles. The van der Waals surface area contributed by atoms with E-state index in [1.807, 2.05) is 0 Å². The van der Waals surface area contributed by atoms with E-state index >= 15 is 0 Å². The first-order chi connectivity index (χ1) is 11.6. The molecular formula is C16H10F2N4O2. The van der Waals surface area contributed by atoms with Gasteiger partial charge in [0.05, 0.1) is 18.6 Å². The zero-order valence-electron chi connectivity index (χ0n) is 12.1. The number of carbonyl (C=O) groups excluding carboxylic acids is 1. The maximum atomic E-state index is 13.7. The lowest BCUT2D eigenvalue weighted by atomic mass is 10.2. The molecule has 0 aliphatic carbocycles. The predicted molar refractivity (Wildman–Crippen MR) is 80.7 cm³/mol. The minimum atomic E-state index is -0.651. The Bertz CT molecular complexity index is 858. The number of anilines is 1. The third-order valence-corrected chi connectivity index (χ3v) is 2.88. The summed E-state index contributed by atoms with van der Waals surface area (Å²) >= 11 is 0. The Labute approximate surface area is 135 Å². The monoisotopic (exact) mass is 328 g/mol. The highest BCUT2D eigenvalue weighted by Crippen LogP contribution is 2.23. The van der Waals surface area contributed by atoms with E-state index in [1.54, 1.807) is 0 Å². The van der Waals surface area contributed by atoms with Gasteiger partial charge in [-0.05, 0) is 24.3 Å². The van der Waals surface area contributed by atoms with Crippen molar-refractivity contribution in [3.63, 3.8) is 0 Å². The fraction of sp³-hybridized carbons (Fsp3) is 0. The average molecular weight is 328 g/mol. The number of hydrogen-bond donors (Lipinski definition) is 1. The van der Waals surface area contributed by atoms with E-state index in [-0.39, 0.29) is 17.1 Å². The molecule has 120 valence electrons. The Balaban J connectivity index is 1.80. The molecule has 6 nitrogen and oxygen atoms in total. The molecule has 3 aromatic rings. The number of hydrogen-bond acceptors (Lipinski definition) is 5. The lowest BCUT2D eigenvalue weighted by Gasteiger charge is -2.08. The van der Waals surface area contributed by atoms with Gasteiger partial charge in [0.2, 0.25) is 0 Å². The van der Waals surface area contributed by atoms with Gasteiger partial charge in [-0.1, -0.05) is 0 Å². The highest BCUT2D eigenvalue weighted by molar-refractivity contribution is 6.04. The lowest BCUT2D eigenvalue weighted by molar-refractivity contribution is 0.102. The zero-order valence-corrected chi connectivity index (χ0v) is 12.1. The molecule has 24 heavy (non-hydrogen) atoms. The number of nitrogens with zero attached hydrogens (tertiary/aromatic N) is 3. The van der Waals surface area contributed by atoms with Crippen LogP contribution in [0.2, 0.25) is 0 Å². The second-order valence-corrected chi connectivity index (χ2v) is 4.67. The number of aromatic nitrogens is 3. The third-order valence-electron chi connectivity index (χ3n) is 2.88. The molecule has 0 atom stereocenters. The molecule has 0 unspecified atom stereocenters. The van der Waals surface area contributed by atoms with E-state index in [0.717, 1.165) is 24.4 Å². The van der Waals surface area contributed by atoms with Crippen molar-refractivity contribution >= 4 is 11.7 Å². The van der Waals surface area contributed by atoms with Crippen molar-refractivity contribution < 1.29 is 18.3 Å². The van der Waals surface area contributed by atoms with Crippen LogP contribution < -0.4 is 10.1 Å². The molecule has 8 heteroatoms. The minimum absolute atomic E-state index is 0.0213. The van der Waals surface area contributed by atoms with Crippen LogP contribution in [0.3, 0.4) is 0 Å². The normalized spacial score (nSPS) is 10.2. The SMILES string of the molecule is O=C(Nc1ccc(F)cn1)c1cc(F)cc(Oc2cncnc2)c1. The quantitative estimate of drug-likeness (QED) is 0.796. The first kappa shape index (κ1) is 15.5. The van der Waals surface area contributed by atoms with Crippen LogP contribution in [0.15, 0.2) is 55.2 Å². The van der Waals surface area contributed by atoms with Crippen molar-refractivity contribution in [3.05, 3.63) is 72.4 Å². The van der Waals surface area contributed by atoms with E-state index in [9.17, 15) is 13.6 Å². The van der Waals surface area contributed by atoms with E-state index in [4.69, 9.17) is 4.74 Å². The number of rotatable bonds is 4. The van der Waals surface area contributed by atoms with Crippen LogP contribution in [0.5, 0.6) is 11.5 Å². The number of amides is 1. The van der Waals surface area contributed by atoms with Gasteiger partial charge < -0.3 is 10.1 Å². The van der Waals surface area contributed by atoms with Crippen molar-refractivity contribution in [1.82, 2.24) is 15.0 Å². The summed E-state index contributed by atoms with van der Waals surface area (Å²) in [6, 6.07) is 5.98. The maximum Gasteiger partial charge on any atom is 0.257 e. The number of pyridine rings is 1. The molecule has 2 aromatic heterocycles. The van der Waals surface area contributed by atoms with Crippen molar-refractivity contribution in [2.75, 3.05) is 5.32 Å². The number of halogens is 2. The molecule has 0 saturated heterocycles. The van der Waals surface area contributed by atoms with Crippen LogP contribution in [-0.2, 0) is 0 Å². The summed E-state index contributed by atoms with van der Waals surface area (Å²) in [5.74, 6) is -1.23. The average Bonchev–Trinajstić information content (AvgIpc) is 2.57. The van der Waals surface area contributed by atoms with Gasteiger partial charge in [-0.3, -0.25) is 4.79 Å². The second-order valence-electron chi connectivity index (χ2n) is 4.67. The topological polar surface area (TPSA) is 77.0 Å². The molecule has 1 N–H and O–H groups in total. The summed E-state index contributed by atoms with van der Waals surface area (Å²) in [6.45, 7) is 0. The van der Waals surface area contributed by atoms with Gasteiger partial charge in [-0.15, -0.1) is 0 Å². The Morgan fingerprint density at radius 1 is 0.958 bits per heavy atom. The summed E-state index contributed by atoms with van der Waals surface area (Å²) in [6.07, 6.45) is 5.10. The van der Waals surface area contributed by atoms with Crippen LogP contribution in [0.4, 0.5) is 14.6 Å². The summed E-state index contributed by atoms with van der Waals surface area (Å²) in [7, 11) is 0. The van der Waals surface area contributed by atoms with Crippen molar-refractivity contribution in [2.45, 2.75) is 0 Å². The molecule has 0 radical (unpaired) electrons. The van der Waals surface area contributed by atoms with Crippen molar-refractivity contribution in [2.24, 2.45) is 0 Å². The molecule has 0 aliphatic heterocycles. The van der Waals surface area contributed by atoms with E-state index in [1.165, 1.54) is 30.9 Å². The van der Waals surface area contributed by atoms with Gasteiger partial charge >= 0.3 is 0 Å². The molecule has 0 spiro atoms. The molecule has 2 heterocycles. The van der Waals surface area contributed by atoms with E-state index in [2.05, 4.69) is 20.3 Å². The minimum Gasteiger partial charge on any atom is -0.454 e. The van der Waals surface area contributed by atoms with Gasteiger partial charge in [-0.2, -0.15) is 0 Å². The summed E-state index contributed by atoms with van der Waals surface area (Å²) in [5.41, 5.74) is 0.0213. The first-order valence-electron chi connectivity index (χ1n) is 6.76. The molecule has 0 fully saturated rings. The zero-order chi connectivity index (χ0) is 16.9. The Morgan fingerprint density at radius 2 is 1.75 bits per heavy atom. The second kappa shape index (κ2) is 6.78. The van der Waals surface area contributed by atoms with Crippen molar-refractivity contribution in [1.29, 1.82) is 0 Å². The molecule has 3 rings (SSSR count). The maximum absolute atomic E-state index is 13.7. The smallest absolute Gasteiger partial charge is 0.257 e. The number of ether oxygens (including phenoxy) is 1. The third kappa shape index (κ3) is 3.86. The van der Waals surface area contributed by atoms with Gasteiger partial charge in [0.15, 0.2) is 5.75 Å². The van der Waals surface area contributed by atoms with Crippen LogP contribution in [0.1, 0.15) is 10.4 Å². The fourth-order valence-electron chi connectivity index (χ4n) is 1.87. The Hall–Kier alpha value is -3.42. The lowest BCUT2D eigenvalue weighted by Crippen LogP contribution is -2.13. The summed E-state index contributed by atoms with van der Waals surface area (Å²) in [4.78, 5) is 23.4.